The van der Waals surface area contributed by atoms with Crippen LogP contribution >= 0.6 is 24.8 Å². The Labute approximate surface area is 98.9 Å². The number of rotatable bonds is 4. The first-order valence-electron chi connectivity index (χ1n) is 4.34. The summed E-state index contributed by atoms with van der Waals surface area (Å²) in [6.45, 7) is 0. The van der Waals surface area contributed by atoms with Gasteiger partial charge in [-0.25, -0.2) is 4.79 Å². The summed E-state index contributed by atoms with van der Waals surface area (Å²) in [7, 11) is 0. The Balaban J connectivity index is 2.67. The van der Waals surface area contributed by atoms with E-state index in [1.165, 1.54) is 0 Å². The summed E-state index contributed by atoms with van der Waals surface area (Å²) in [6, 6.07) is 8.47. The fourth-order valence-electron chi connectivity index (χ4n) is 1.02. The van der Waals surface area contributed by atoms with Crippen LogP contribution in [0.5, 0.6) is 0 Å². The van der Waals surface area contributed by atoms with Crippen LogP contribution in [0.1, 0.15) is 5.56 Å². The molecule has 2 N–H and O–H groups in total. The summed E-state index contributed by atoms with van der Waals surface area (Å²) in [5, 5.41) is 11.5. The molecule has 80 valence electrons. The van der Waals surface area contributed by atoms with Gasteiger partial charge in [-0.2, -0.15) is 12.6 Å². The Kier molecular flexibility index (Phi) is 4.58. The maximum absolute atomic E-state index is 10.7. The van der Waals surface area contributed by atoms with E-state index in [0.717, 1.165) is 5.56 Å². The first kappa shape index (κ1) is 12.0. The monoisotopic (exact) mass is 241 g/mol. The standard InChI is InChI=1S/C10H11NO2S2/c12-10(13)8(6-14)11-9(15)7-4-2-1-3-5-7/h1-5,8,14H,6H2,(H,11,15)(H,12,13)/t8-/m0/s1. The van der Waals surface area contributed by atoms with Crippen LogP contribution in [0.2, 0.25) is 0 Å². The minimum Gasteiger partial charge on any atom is -0.480 e. The molecule has 1 rings (SSSR count). The average Bonchev–Trinajstić information content (AvgIpc) is 2.26. The van der Waals surface area contributed by atoms with Gasteiger partial charge in [-0.1, -0.05) is 42.5 Å². The van der Waals surface area contributed by atoms with Crippen LogP contribution in [-0.2, 0) is 4.79 Å². The van der Waals surface area contributed by atoms with Crippen LogP contribution in [0.15, 0.2) is 30.3 Å². The molecule has 1 aromatic rings. The minimum absolute atomic E-state index is 0.197. The summed E-state index contributed by atoms with van der Waals surface area (Å²) in [4.78, 5) is 11.2. The predicted octanol–water partition coefficient (Wildman–Crippen LogP) is 1.33. The van der Waals surface area contributed by atoms with Gasteiger partial charge in [0.2, 0.25) is 0 Å². The smallest absolute Gasteiger partial charge is 0.326 e. The molecule has 0 aliphatic rings. The van der Waals surface area contributed by atoms with Gasteiger partial charge in [-0.15, -0.1) is 0 Å². The van der Waals surface area contributed by atoms with Crippen molar-refractivity contribution in [3.8, 4) is 0 Å². The number of carboxylic acids is 1. The van der Waals surface area contributed by atoms with Crippen molar-refractivity contribution in [2.75, 3.05) is 5.75 Å². The second-order valence-electron chi connectivity index (χ2n) is 2.91. The lowest BCUT2D eigenvalue weighted by Crippen LogP contribution is -2.41. The van der Waals surface area contributed by atoms with E-state index < -0.39 is 12.0 Å². The van der Waals surface area contributed by atoms with E-state index in [9.17, 15) is 4.79 Å². The number of carboxylic acid groups (broad SMARTS) is 1. The van der Waals surface area contributed by atoms with Crippen LogP contribution in [0.3, 0.4) is 0 Å². The quantitative estimate of drug-likeness (QED) is 0.550. The number of benzene rings is 1. The number of hydrogen-bond acceptors (Lipinski definition) is 3. The number of thiol groups is 1. The molecule has 0 aliphatic carbocycles. The van der Waals surface area contributed by atoms with Gasteiger partial charge in [-0.3, -0.25) is 0 Å². The van der Waals surface area contributed by atoms with Gasteiger partial charge in [0.25, 0.3) is 0 Å². The molecular formula is C10H11NO2S2. The topological polar surface area (TPSA) is 49.3 Å². The van der Waals surface area contributed by atoms with E-state index in [0.29, 0.717) is 4.99 Å². The minimum atomic E-state index is -0.955. The van der Waals surface area contributed by atoms with Gasteiger partial charge in [0.1, 0.15) is 11.0 Å². The van der Waals surface area contributed by atoms with E-state index in [1.54, 1.807) is 0 Å². The fourth-order valence-corrected chi connectivity index (χ4v) is 1.54. The Bertz CT molecular complexity index is 354. The molecule has 1 aromatic carbocycles. The zero-order valence-electron chi connectivity index (χ0n) is 7.88. The molecule has 5 heteroatoms. The van der Waals surface area contributed by atoms with Crippen LogP contribution in [0, 0.1) is 0 Å². The fraction of sp³-hybridized carbons (Fsp3) is 0.200. The van der Waals surface area contributed by atoms with Crippen molar-refractivity contribution in [1.29, 1.82) is 0 Å². The van der Waals surface area contributed by atoms with Crippen LogP contribution in [0.25, 0.3) is 0 Å². The van der Waals surface area contributed by atoms with Gasteiger partial charge in [0.15, 0.2) is 0 Å². The molecular weight excluding hydrogens is 230 g/mol. The third-order valence-electron chi connectivity index (χ3n) is 1.82. The number of thiocarbonyl (C=S) groups is 1. The first-order valence-corrected chi connectivity index (χ1v) is 5.39. The predicted molar refractivity (Wildman–Crippen MR) is 66.6 cm³/mol. The number of aliphatic carboxylic acids is 1. The molecule has 15 heavy (non-hydrogen) atoms. The van der Waals surface area contributed by atoms with Gasteiger partial charge < -0.3 is 10.4 Å². The molecule has 0 heterocycles. The van der Waals surface area contributed by atoms with Gasteiger partial charge in [-0.05, 0) is 0 Å². The van der Waals surface area contributed by atoms with Crippen molar-refractivity contribution in [1.82, 2.24) is 5.32 Å². The Morgan fingerprint density at radius 1 is 1.47 bits per heavy atom. The van der Waals surface area contributed by atoms with E-state index in [2.05, 4.69) is 17.9 Å². The van der Waals surface area contributed by atoms with E-state index in [4.69, 9.17) is 17.3 Å². The normalized spacial score (nSPS) is 11.8. The van der Waals surface area contributed by atoms with Crippen molar-refractivity contribution in [3.63, 3.8) is 0 Å². The number of hydrogen-bond donors (Lipinski definition) is 3. The lowest BCUT2D eigenvalue weighted by atomic mass is 10.2. The van der Waals surface area contributed by atoms with Gasteiger partial charge >= 0.3 is 5.97 Å². The molecule has 0 spiro atoms. The van der Waals surface area contributed by atoms with Crippen LogP contribution in [0.4, 0.5) is 0 Å². The molecule has 0 saturated carbocycles. The number of carbonyl (C=O) groups is 1. The van der Waals surface area contributed by atoms with Crippen molar-refractivity contribution >= 4 is 35.8 Å². The molecule has 0 fully saturated rings. The zero-order valence-corrected chi connectivity index (χ0v) is 9.59. The van der Waals surface area contributed by atoms with Crippen LogP contribution < -0.4 is 5.32 Å². The molecule has 3 nitrogen and oxygen atoms in total. The van der Waals surface area contributed by atoms with E-state index >= 15 is 0 Å². The highest BCUT2D eigenvalue weighted by Gasteiger charge is 2.16. The average molecular weight is 241 g/mol. The number of nitrogens with one attached hydrogen (secondary N) is 1. The third-order valence-corrected chi connectivity index (χ3v) is 2.54. The highest BCUT2D eigenvalue weighted by Crippen LogP contribution is 2.01. The third kappa shape index (κ3) is 3.53. The first-order chi connectivity index (χ1) is 7.15. The SMILES string of the molecule is O=C(O)[C@H](CS)NC(=S)c1ccccc1. The summed E-state index contributed by atoms with van der Waals surface area (Å²) >= 11 is 9.01. The maximum atomic E-state index is 10.7. The largest absolute Gasteiger partial charge is 0.480 e. The summed E-state index contributed by atoms with van der Waals surface area (Å²) in [5.41, 5.74) is 0.806. The molecule has 0 amide bonds. The Morgan fingerprint density at radius 2 is 2.07 bits per heavy atom. The maximum Gasteiger partial charge on any atom is 0.326 e. The molecule has 0 aromatic heterocycles. The van der Waals surface area contributed by atoms with Gasteiger partial charge in [0, 0.05) is 11.3 Å². The molecule has 0 radical (unpaired) electrons. The molecule has 0 saturated heterocycles. The van der Waals surface area contributed by atoms with Crippen molar-refractivity contribution in [2.24, 2.45) is 0 Å². The van der Waals surface area contributed by atoms with Crippen LogP contribution in [-0.4, -0.2) is 27.9 Å². The molecule has 0 bridgehead atoms. The second-order valence-corrected chi connectivity index (χ2v) is 3.69. The van der Waals surface area contributed by atoms with Crippen molar-refractivity contribution in [3.05, 3.63) is 35.9 Å². The molecule has 0 unspecified atom stereocenters. The lowest BCUT2D eigenvalue weighted by molar-refractivity contribution is -0.138. The van der Waals surface area contributed by atoms with Crippen molar-refractivity contribution < 1.29 is 9.90 Å². The summed E-state index contributed by atoms with van der Waals surface area (Å²) in [5.74, 6) is -0.759. The summed E-state index contributed by atoms with van der Waals surface area (Å²) in [6.07, 6.45) is 0. The molecule has 0 aliphatic heterocycles. The summed E-state index contributed by atoms with van der Waals surface area (Å²) < 4.78 is 0. The highest BCUT2D eigenvalue weighted by atomic mass is 32.1. The Morgan fingerprint density at radius 3 is 2.53 bits per heavy atom. The zero-order chi connectivity index (χ0) is 11.3. The molecule has 1 atom stereocenters. The lowest BCUT2D eigenvalue weighted by Gasteiger charge is -2.13. The van der Waals surface area contributed by atoms with E-state index in [-0.39, 0.29) is 5.75 Å². The van der Waals surface area contributed by atoms with E-state index in [1.807, 2.05) is 30.3 Å². The Hall–Kier alpha value is -1.07. The highest BCUT2D eigenvalue weighted by molar-refractivity contribution is 7.81. The van der Waals surface area contributed by atoms with Gasteiger partial charge in [0.05, 0.1) is 0 Å². The second kappa shape index (κ2) is 5.72. The van der Waals surface area contributed by atoms with Crippen molar-refractivity contribution in [2.45, 2.75) is 6.04 Å².